The van der Waals surface area contributed by atoms with E-state index in [0.29, 0.717) is 0 Å². The van der Waals surface area contributed by atoms with Crippen LogP contribution >= 0.6 is 11.6 Å². The lowest BCUT2D eigenvalue weighted by molar-refractivity contribution is 0.0221. The van der Waals surface area contributed by atoms with Crippen LogP contribution in [-0.2, 0) is 5.54 Å². The number of benzene rings is 1. The van der Waals surface area contributed by atoms with E-state index >= 15 is 0 Å². The summed E-state index contributed by atoms with van der Waals surface area (Å²) in [5, 5.41) is 0.821. The van der Waals surface area contributed by atoms with Gasteiger partial charge in [-0.2, -0.15) is 0 Å². The summed E-state index contributed by atoms with van der Waals surface area (Å²) in [6.07, 6.45) is 5.64. The minimum absolute atomic E-state index is 0.0385. The predicted octanol–water partition coefficient (Wildman–Crippen LogP) is 4.23. The van der Waals surface area contributed by atoms with Crippen molar-refractivity contribution in [2.75, 3.05) is 0 Å². The molecule has 0 aromatic heterocycles. The molecule has 0 bridgehead atoms. The number of hydrogen-bond donors (Lipinski definition) is 1. The van der Waals surface area contributed by atoms with Gasteiger partial charge in [0.15, 0.2) is 0 Å². The fraction of sp³-hybridized carbons (Fsp3) is 0.625. The number of aryl methyl sites for hydroxylation is 1. The van der Waals surface area contributed by atoms with Crippen LogP contribution in [0.4, 0.5) is 0 Å². The fourth-order valence-electron chi connectivity index (χ4n) is 4.04. The van der Waals surface area contributed by atoms with Crippen molar-refractivity contribution in [1.82, 2.24) is 0 Å². The van der Waals surface area contributed by atoms with Gasteiger partial charge in [0.05, 0.1) is 0 Å². The van der Waals surface area contributed by atoms with Gasteiger partial charge in [-0.15, -0.1) is 0 Å². The van der Waals surface area contributed by atoms with Gasteiger partial charge in [0.25, 0.3) is 0 Å². The van der Waals surface area contributed by atoms with Gasteiger partial charge in [-0.1, -0.05) is 11.6 Å². The van der Waals surface area contributed by atoms with Gasteiger partial charge in [0, 0.05) is 22.5 Å². The van der Waals surface area contributed by atoms with Gasteiger partial charge in [0.1, 0.15) is 11.4 Å². The van der Waals surface area contributed by atoms with E-state index in [1.54, 1.807) is 0 Å². The second-order valence-electron chi connectivity index (χ2n) is 6.59. The molecule has 0 amide bonds. The first kappa shape index (κ1) is 13.3. The van der Waals surface area contributed by atoms with Crippen molar-refractivity contribution < 1.29 is 4.74 Å². The molecule has 104 valence electrons. The van der Waals surface area contributed by atoms with Gasteiger partial charge < -0.3 is 10.5 Å². The summed E-state index contributed by atoms with van der Waals surface area (Å²) in [4.78, 5) is 0. The molecule has 1 aromatic carbocycles. The van der Waals surface area contributed by atoms with Crippen LogP contribution in [-0.4, -0.2) is 5.60 Å². The third-order valence-electron chi connectivity index (χ3n) is 4.75. The van der Waals surface area contributed by atoms with Crippen LogP contribution in [0.1, 0.15) is 55.7 Å². The first-order chi connectivity index (χ1) is 8.85. The first-order valence-electron chi connectivity index (χ1n) is 7.13. The maximum absolute atomic E-state index is 6.63. The van der Waals surface area contributed by atoms with Crippen molar-refractivity contribution >= 4 is 11.6 Å². The van der Waals surface area contributed by atoms with Crippen molar-refractivity contribution in [3.05, 3.63) is 27.8 Å². The average molecular weight is 280 g/mol. The van der Waals surface area contributed by atoms with E-state index in [-0.39, 0.29) is 11.1 Å². The molecule has 3 rings (SSSR count). The standard InChI is InChI=1S/C16H22ClNO/c1-10-8-12-13(11(2)14(10)17)15(3,18)9-16(19-12)6-4-5-7-16/h8H,4-7,9,18H2,1-3H3. The molecule has 1 spiro atoms. The summed E-state index contributed by atoms with van der Waals surface area (Å²) < 4.78 is 6.39. The summed E-state index contributed by atoms with van der Waals surface area (Å²) in [5.74, 6) is 0.956. The zero-order chi connectivity index (χ0) is 13.8. The molecule has 1 heterocycles. The van der Waals surface area contributed by atoms with Gasteiger partial charge >= 0.3 is 0 Å². The van der Waals surface area contributed by atoms with Crippen molar-refractivity contribution in [3.63, 3.8) is 0 Å². The highest BCUT2D eigenvalue weighted by Crippen LogP contribution is 2.51. The number of nitrogens with two attached hydrogens (primary N) is 1. The first-order valence-corrected chi connectivity index (χ1v) is 7.51. The highest BCUT2D eigenvalue weighted by Gasteiger charge is 2.47. The molecule has 2 aliphatic rings. The Morgan fingerprint density at radius 3 is 2.53 bits per heavy atom. The molecular weight excluding hydrogens is 258 g/mol. The van der Waals surface area contributed by atoms with Crippen LogP contribution in [0.25, 0.3) is 0 Å². The van der Waals surface area contributed by atoms with E-state index in [1.165, 1.54) is 12.8 Å². The van der Waals surface area contributed by atoms with Gasteiger partial charge in [-0.25, -0.2) is 0 Å². The van der Waals surface area contributed by atoms with E-state index in [2.05, 4.69) is 19.9 Å². The van der Waals surface area contributed by atoms with E-state index in [1.807, 2.05) is 6.92 Å². The number of fused-ring (bicyclic) bond motifs is 1. The van der Waals surface area contributed by atoms with E-state index in [0.717, 1.165) is 46.7 Å². The minimum Gasteiger partial charge on any atom is -0.487 e. The largest absolute Gasteiger partial charge is 0.487 e. The lowest BCUT2D eigenvalue weighted by Crippen LogP contribution is -2.50. The molecule has 1 aromatic rings. The Kier molecular flexibility index (Phi) is 2.88. The molecule has 1 fully saturated rings. The summed E-state index contributed by atoms with van der Waals surface area (Å²) in [7, 11) is 0. The van der Waals surface area contributed by atoms with Crippen molar-refractivity contribution in [3.8, 4) is 5.75 Å². The van der Waals surface area contributed by atoms with Gasteiger partial charge in [-0.3, -0.25) is 0 Å². The van der Waals surface area contributed by atoms with E-state index < -0.39 is 0 Å². The molecule has 2 N–H and O–H groups in total. The molecule has 1 unspecified atom stereocenters. The van der Waals surface area contributed by atoms with Crippen LogP contribution < -0.4 is 10.5 Å². The Morgan fingerprint density at radius 1 is 1.26 bits per heavy atom. The number of rotatable bonds is 0. The maximum Gasteiger partial charge on any atom is 0.125 e. The third-order valence-corrected chi connectivity index (χ3v) is 5.33. The lowest BCUT2D eigenvalue weighted by atomic mass is 9.75. The molecule has 3 heteroatoms. The normalized spacial score (nSPS) is 28.3. The summed E-state index contributed by atoms with van der Waals surface area (Å²) in [6.45, 7) is 6.20. The van der Waals surface area contributed by atoms with Crippen LogP contribution in [0.2, 0.25) is 5.02 Å². The summed E-state index contributed by atoms with van der Waals surface area (Å²) in [5.41, 5.74) is 9.49. The van der Waals surface area contributed by atoms with Gasteiger partial charge in [-0.05, 0) is 63.6 Å². The summed E-state index contributed by atoms with van der Waals surface area (Å²) in [6, 6.07) is 2.06. The van der Waals surface area contributed by atoms with E-state index in [9.17, 15) is 0 Å². The topological polar surface area (TPSA) is 35.2 Å². The molecule has 1 atom stereocenters. The minimum atomic E-state index is -0.348. The monoisotopic (exact) mass is 279 g/mol. The Balaban J connectivity index is 2.17. The average Bonchev–Trinajstić information content (AvgIpc) is 2.71. The van der Waals surface area contributed by atoms with Crippen LogP contribution in [0.3, 0.4) is 0 Å². The highest BCUT2D eigenvalue weighted by atomic mass is 35.5. The van der Waals surface area contributed by atoms with Gasteiger partial charge in [0.2, 0.25) is 0 Å². The third kappa shape index (κ3) is 1.96. The zero-order valence-electron chi connectivity index (χ0n) is 12.0. The highest BCUT2D eigenvalue weighted by molar-refractivity contribution is 6.32. The van der Waals surface area contributed by atoms with Crippen LogP contribution in [0.15, 0.2) is 6.07 Å². The second-order valence-corrected chi connectivity index (χ2v) is 6.97. The molecule has 0 radical (unpaired) electrons. The fourth-order valence-corrected chi connectivity index (χ4v) is 4.19. The predicted molar refractivity (Wildman–Crippen MR) is 78.9 cm³/mol. The number of halogens is 1. The number of ether oxygens (including phenoxy) is 1. The Morgan fingerprint density at radius 2 is 1.89 bits per heavy atom. The Hall–Kier alpha value is -0.730. The number of hydrogen-bond acceptors (Lipinski definition) is 2. The maximum atomic E-state index is 6.63. The molecular formula is C16H22ClNO. The van der Waals surface area contributed by atoms with Crippen molar-refractivity contribution in [2.45, 2.75) is 64.0 Å². The van der Waals surface area contributed by atoms with Crippen LogP contribution in [0.5, 0.6) is 5.75 Å². The lowest BCUT2D eigenvalue weighted by Gasteiger charge is -2.45. The molecule has 19 heavy (non-hydrogen) atoms. The Labute approximate surface area is 120 Å². The smallest absolute Gasteiger partial charge is 0.125 e. The Bertz CT molecular complexity index is 530. The molecule has 2 nitrogen and oxygen atoms in total. The molecule has 1 aliphatic carbocycles. The van der Waals surface area contributed by atoms with Crippen molar-refractivity contribution in [1.29, 1.82) is 0 Å². The zero-order valence-corrected chi connectivity index (χ0v) is 12.7. The van der Waals surface area contributed by atoms with E-state index in [4.69, 9.17) is 22.1 Å². The molecule has 0 saturated heterocycles. The SMILES string of the molecule is Cc1cc2c(c(C)c1Cl)C(C)(N)CC1(CCCC1)O2. The van der Waals surface area contributed by atoms with Crippen LogP contribution in [0, 0.1) is 13.8 Å². The summed E-state index contributed by atoms with van der Waals surface area (Å²) >= 11 is 6.38. The molecule has 1 aliphatic heterocycles. The van der Waals surface area contributed by atoms with Crippen molar-refractivity contribution in [2.24, 2.45) is 5.73 Å². The second kappa shape index (κ2) is 4.13. The quantitative estimate of drug-likeness (QED) is 0.771. The molecule has 1 saturated carbocycles.